The van der Waals surface area contributed by atoms with E-state index in [1.807, 2.05) is 11.8 Å². The third kappa shape index (κ3) is 4.04. The molecular formula is C14H24N2O3S. The predicted molar refractivity (Wildman–Crippen MR) is 80.1 cm³/mol. The van der Waals surface area contributed by atoms with Crippen LogP contribution in [0.5, 0.6) is 0 Å². The van der Waals surface area contributed by atoms with Gasteiger partial charge in [0.1, 0.15) is 5.54 Å². The summed E-state index contributed by atoms with van der Waals surface area (Å²) in [6.07, 6.45) is 7.01. The first kappa shape index (κ1) is 15.5. The van der Waals surface area contributed by atoms with Crippen LogP contribution in [-0.4, -0.2) is 40.2 Å². The summed E-state index contributed by atoms with van der Waals surface area (Å²) in [5.41, 5.74) is -1.07. The Morgan fingerprint density at radius 3 is 2.35 bits per heavy atom. The fourth-order valence-corrected chi connectivity index (χ4v) is 4.09. The van der Waals surface area contributed by atoms with Gasteiger partial charge in [0.25, 0.3) is 0 Å². The van der Waals surface area contributed by atoms with E-state index in [9.17, 15) is 14.7 Å². The average Bonchev–Trinajstić information content (AvgIpc) is 2.66. The molecule has 0 aromatic carbocycles. The summed E-state index contributed by atoms with van der Waals surface area (Å²) < 4.78 is 0. The number of carboxylic acid groups (broad SMARTS) is 1. The summed E-state index contributed by atoms with van der Waals surface area (Å²) in [5.74, 6) is 1.18. The second kappa shape index (κ2) is 7.20. The lowest BCUT2D eigenvalue weighted by atomic mass is 9.90. The van der Waals surface area contributed by atoms with Gasteiger partial charge in [0.2, 0.25) is 0 Å². The van der Waals surface area contributed by atoms with Crippen LogP contribution in [0.15, 0.2) is 0 Å². The van der Waals surface area contributed by atoms with E-state index in [2.05, 4.69) is 10.6 Å². The number of carbonyl (C=O) groups is 2. The summed E-state index contributed by atoms with van der Waals surface area (Å²) in [5, 5.41) is 15.2. The number of thioether (sulfide) groups is 1. The molecule has 2 rings (SSSR count). The van der Waals surface area contributed by atoms with Crippen LogP contribution in [0.2, 0.25) is 0 Å². The molecule has 2 aliphatic rings. The molecule has 0 radical (unpaired) electrons. The summed E-state index contributed by atoms with van der Waals surface area (Å²) in [4.78, 5) is 23.7. The Bertz CT molecular complexity index is 348. The van der Waals surface area contributed by atoms with E-state index in [1.165, 1.54) is 0 Å². The fourth-order valence-electron chi connectivity index (χ4n) is 3.02. The highest BCUT2D eigenvalue weighted by atomic mass is 32.2. The van der Waals surface area contributed by atoms with Gasteiger partial charge in [0.15, 0.2) is 0 Å². The Labute approximate surface area is 124 Å². The molecule has 1 saturated carbocycles. The molecule has 3 N–H and O–H groups in total. The first-order valence-electron chi connectivity index (χ1n) is 7.52. The van der Waals surface area contributed by atoms with E-state index in [1.54, 1.807) is 0 Å². The third-order valence-electron chi connectivity index (χ3n) is 4.21. The van der Waals surface area contributed by atoms with E-state index in [4.69, 9.17) is 0 Å². The monoisotopic (exact) mass is 300 g/mol. The molecule has 1 aliphatic carbocycles. The maximum absolute atomic E-state index is 12.1. The van der Waals surface area contributed by atoms with Crippen molar-refractivity contribution in [1.82, 2.24) is 10.6 Å². The number of carbonyl (C=O) groups excluding carboxylic acids is 1. The van der Waals surface area contributed by atoms with Crippen LogP contribution in [0, 0.1) is 0 Å². The number of rotatable bonds is 3. The molecule has 1 aliphatic heterocycles. The standard InChI is InChI=1S/C14H24N2O3S/c17-12(18)14(7-3-1-2-4-8-14)16-13(19)15-11-6-5-9-20-10-11/h11H,1-10H2,(H,17,18)(H2,15,16,19). The van der Waals surface area contributed by atoms with Gasteiger partial charge in [-0.1, -0.05) is 25.7 Å². The summed E-state index contributed by atoms with van der Waals surface area (Å²) in [6.45, 7) is 0. The lowest BCUT2D eigenvalue weighted by Gasteiger charge is -2.31. The van der Waals surface area contributed by atoms with Crippen LogP contribution < -0.4 is 10.6 Å². The van der Waals surface area contributed by atoms with Crippen molar-refractivity contribution >= 4 is 23.8 Å². The predicted octanol–water partition coefficient (Wildman–Crippen LogP) is 2.36. The van der Waals surface area contributed by atoms with Crippen LogP contribution in [-0.2, 0) is 4.79 Å². The molecule has 114 valence electrons. The van der Waals surface area contributed by atoms with Crippen LogP contribution >= 0.6 is 11.8 Å². The summed E-state index contributed by atoms with van der Waals surface area (Å²) in [7, 11) is 0. The Morgan fingerprint density at radius 2 is 1.80 bits per heavy atom. The van der Waals surface area contributed by atoms with E-state index in [0.29, 0.717) is 12.8 Å². The summed E-state index contributed by atoms with van der Waals surface area (Å²) in [6, 6.07) is -0.146. The Hall–Kier alpha value is -0.910. The minimum absolute atomic E-state index is 0.172. The van der Waals surface area contributed by atoms with Crippen molar-refractivity contribution in [3.8, 4) is 0 Å². The Kier molecular flexibility index (Phi) is 5.57. The van der Waals surface area contributed by atoms with Gasteiger partial charge in [0, 0.05) is 11.8 Å². The highest BCUT2D eigenvalue weighted by Crippen LogP contribution is 2.27. The molecular weight excluding hydrogens is 276 g/mol. The van der Waals surface area contributed by atoms with Crippen LogP contribution in [0.3, 0.4) is 0 Å². The molecule has 20 heavy (non-hydrogen) atoms. The normalized spacial score (nSPS) is 26.3. The van der Waals surface area contributed by atoms with Gasteiger partial charge >= 0.3 is 12.0 Å². The number of carboxylic acids is 1. The van der Waals surface area contributed by atoms with E-state index >= 15 is 0 Å². The Morgan fingerprint density at radius 1 is 1.10 bits per heavy atom. The average molecular weight is 300 g/mol. The van der Waals surface area contributed by atoms with Gasteiger partial charge < -0.3 is 15.7 Å². The molecule has 2 fully saturated rings. The van der Waals surface area contributed by atoms with Gasteiger partial charge in [-0.15, -0.1) is 0 Å². The van der Waals surface area contributed by atoms with E-state index in [0.717, 1.165) is 50.0 Å². The van der Waals surface area contributed by atoms with Crippen LogP contribution in [0.25, 0.3) is 0 Å². The van der Waals surface area contributed by atoms with E-state index < -0.39 is 11.5 Å². The first-order chi connectivity index (χ1) is 9.62. The number of hydrogen-bond acceptors (Lipinski definition) is 3. The highest BCUT2D eigenvalue weighted by molar-refractivity contribution is 7.99. The van der Waals surface area contributed by atoms with Crippen molar-refractivity contribution in [1.29, 1.82) is 0 Å². The van der Waals surface area contributed by atoms with Gasteiger partial charge in [-0.05, 0) is 31.4 Å². The van der Waals surface area contributed by atoms with Crippen molar-refractivity contribution in [3.05, 3.63) is 0 Å². The molecule has 5 nitrogen and oxygen atoms in total. The number of aliphatic carboxylic acids is 1. The molecule has 6 heteroatoms. The SMILES string of the molecule is O=C(NC1CCCSC1)NC1(C(=O)O)CCCCCC1. The number of nitrogens with one attached hydrogen (secondary N) is 2. The zero-order valence-electron chi connectivity index (χ0n) is 11.8. The lowest BCUT2D eigenvalue weighted by Crippen LogP contribution is -2.58. The second-order valence-corrected chi connectivity index (χ2v) is 6.96. The molecule has 0 aromatic heterocycles. The zero-order chi connectivity index (χ0) is 14.4. The molecule has 1 unspecified atom stereocenters. The highest BCUT2D eigenvalue weighted by Gasteiger charge is 2.40. The molecule has 0 spiro atoms. The van der Waals surface area contributed by atoms with Crippen molar-refractivity contribution in [2.24, 2.45) is 0 Å². The molecule has 0 bridgehead atoms. The third-order valence-corrected chi connectivity index (χ3v) is 5.43. The minimum Gasteiger partial charge on any atom is -0.480 e. The van der Waals surface area contributed by atoms with Gasteiger partial charge in [0.05, 0.1) is 0 Å². The van der Waals surface area contributed by atoms with Gasteiger partial charge in [-0.3, -0.25) is 0 Å². The van der Waals surface area contributed by atoms with Crippen LogP contribution in [0.1, 0.15) is 51.4 Å². The number of hydrogen-bond donors (Lipinski definition) is 3. The topological polar surface area (TPSA) is 78.4 Å². The molecule has 1 heterocycles. The lowest BCUT2D eigenvalue weighted by molar-refractivity contribution is -0.145. The fraction of sp³-hybridized carbons (Fsp3) is 0.857. The summed E-state index contributed by atoms with van der Waals surface area (Å²) >= 11 is 1.84. The molecule has 1 atom stereocenters. The van der Waals surface area contributed by atoms with Crippen molar-refractivity contribution in [3.63, 3.8) is 0 Å². The van der Waals surface area contributed by atoms with Crippen molar-refractivity contribution < 1.29 is 14.7 Å². The van der Waals surface area contributed by atoms with Crippen molar-refractivity contribution in [2.45, 2.75) is 62.9 Å². The first-order valence-corrected chi connectivity index (χ1v) is 8.68. The molecule has 1 saturated heterocycles. The van der Waals surface area contributed by atoms with E-state index in [-0.39, 0.29) is 12.1 Å². The second-order valence-electron chi connectivity index (χ2n) is 5.81. The molecule has 0 aromatic rings. The quantitative estimate of drug-likeness (QED) is 0.699. The largest absolute Gasteiger partial charge is 0.480 e. The zero-order valence-corrected chi connectivity index (χ0v) is 12.6. The maximum atomic E-state index is 12.1. The maximum Gasteiger partial charge on any atom is 0.329 e. The molecule has 2 amide bonds. The number of urea groups is 1. The van der Waals surface area contributed by atoms with Gasteiger partial charge in [-0.2, -0.15) is 11.8 Å². The van der Waals surface area contributed by atoms with Crippen LogP contribution in [0.4, 0.5) is 4.79 Å². The minimum atomic E-state index is -1.07. The Balaban J connectivity index is 1.92. The van der Waals surface area contributed by atoms with Crippen molar-refractivity contribution in [2.75, 3.05) is 11.5 Å². The number of amides is 2. The smallest absolute Gasteiger partial charge is 0.329 e. The van der Waals surface area contributed by atoms with Gasteiger partial charge in [-0.25, -0.2) is 9.59 Å².